The molecule has 4 radical (unpaired) electrons. The minimum absolute atomic E-state index is 0. The van der Waals surface area contributed by atoms with Crippen LogP contribution < -0.4 is 19.3 Å². The molecule has 10 aromatic rings. The van der Waals surface area contributed by atoms with E-state index in [1.165, 1.54) is 63.0 Å². The zero-order valence-electron chi connectivity index (χ0n) is 63.9. The largest absolute Gasteiger partial charge is 0.507 e. The van der Waals surface area contributed by atoms with Crippen molar-refractivity contribution in [2.75, 3.05) is 33.9 Å². The Labute approximate surface area is 654 Å². The molecule has 12 nitrogen and oxygen atoms in total. The number of para-hydroxylation sites is 1. The Bertz CT molecular complexity index is 4510. The molecule has 2 saturated heterocycles. The summed E-state index contributed by atoms with van der Waals surface area (Å²) >= 11 is 6.78. The number of hydrogen-bond donors (Lipinski definition) is 4. The van der Waals surface area contributed by atoms with Crippen LogP contribution in [0.5, 0.6) is 17.2 Å². The van der Waals surface area contributed by atoms with Gasteiger partial charge in [0.25, 0.3) is 0 Å². The number of fused-ring (bicyclic) bond motifs is 5. The average Bonchev–Trinajstić information content (AvgIpc) is 1.57. The van der Waals surface area contributed by atoms with Gasteiger partial charge in [-0.25, -0.2) is 0 Å². The summed E-state index contributed by atoms with van der Waals surface area (Å²) in [5.41, 5.74) is 24.4. The lowest BCUT2D eigenvalue weighted by atomic mass is 9.79. The minimum Gasteiger partial charge on any atom is -0.507 e. The molecule has 107 heavy (non-hydrogen) atoms. The van der Waals surface area contributed by atoms with Crippen molar-refractivity contribution >= 4 is 71.7 Å². The van der Waals surface area contributed by atoms with Crippen LogP contribution in [0.25, 0.3) is 22.3 Å². The number of hydrogen-bond acceptors (Lipinski definition) is 9. The van der Waals surface area contributed by atoms with Crippen LogP contribution in [0.1, 0.15) is 164 Å². The number of aliphatic hydroxyl groups excluding tert-OH is 3. The minimum atomic E-state index is -0.321. The van der Waals surface area contributed by atoms with Gasteiger partial charge in [0.15, 0.2) is 5.78 Å². The lowest BCUT2D eigenvalue weighted by Crippen LogP contribution is -2.46. The summed E-state index contributed by atoms with van der Waals surface area (Å²) in [6, 6.07) is 68.8. The first-order valence-electron chi connectivity index (χ1n) is 36.9. The number of carbonyl (C=O) groups is 1. The summed E-state index contributed by atoms with van der Waals surface area (Å²) in [4.78, 5) is 13.7. The van der Waals surface area contributed by atoms with E-state index >= 15 is 0 Å². The van der Waals surface area contributed by atoms with Gasteiger partial charge in [-0.1, -0.05) is 177 Å². The fourth-order valence-corrected chi connectivity index (χ4v) is 16.7. The van der Waals surface area contributed by atoms with Crippen molar-refractivity contribution in [1.29, 1.82) is 0 Å². The molecule has 2 heterocycles. The predicted octanol–water partition coefficient (Wildman–Crippen LogP) is 17.7. The van der Waals surface area contributed by atoms with E-state index in [1.807, 2.05) is 107 Å². The molecule has 10 aromatic carbocycles. The highest BCUT2D eigenvalue weighted by Crippen LogP contribution is 2.49. The number of ketones is 1. The normalized spacial score (nSPS) is 17.2. The zero-order chi connectivity index (χ0) is 75.3. The molecule has 0 amide bonds. The highest BCUT2D eigenvalue weighted by Gasteiger charge is 2.56. The van der Waals surface area contributed by atoms with Crippen molar-refractivity contribution in [2.24, 2.45) is 0 Å². The van der Waals surface area contributed by atoms with E-state index in [0.717, 1.165) is 157 Å². The molecule has 17 heteroatoms. The quantitative estimate of drug-likeness (QED) is 0.102. The Balaban J connectivity index is 0.000000160. The second-order valence-corrected chi connectivity index (χ2v) is 30.3. The number of methoxy groups -OCH3 is 2. The Morgan fingerprint density at radius 2 is 0.916 bits per heavy atom. The van der Waals surface area contributed by atoms with E-state index in [-0.39, 0.29) is 47.7 Å². The van der Waals surface area contributed by atoms with Crippen LogP contribution in [0.2, 0.25) is 6.82 Å². The number of nitrogens with zero attached hydrogens (tertiary/aromatic N) is 2. The zero-order valence-corrected chi connectivity index (χ0v) is 67.0. The van der Waals surface area contributed by atoms with Gasteiger partial charge in [-0.15, -0.1) is 0 Å². The molecule has 0 unspecified atom stereocenters. The van der Waals surface area contributed by atoms with Crippen LogP contribution in [0.4, 0.5) is 5.69 Å². The number of ether oxygens (including phenoxy) is 2. The van der Waals surface area contributed by atoms with E-state index in [0.29, 0.717) is 22.6 Å². The van der Waals surface area contributed by atoms with Crippen LogP contribution >= 0.6 is 31.9 Å². The highest BCUT2D eigenvalue weighted by molar-refractivity contribution is 9.10. The molecular formula is C90H104B3Br2N2O10+. The maximum absolute atomic E-state index is 11.2. The first-order valence-corrected chi connectivity index (χ1v) is 38.5. The number of halogens is 2. The van der Waals surface area contributed by atoms with Gasteiger partial charge < -0.3 is 54.7 Å². The van der Waals surface area contributed by atoms with Gasteiger partial charge in [0.1, 0.15) is 36.4 Å². The molecule has 8 N–H and O–H groups in total. The number of phenols is 1. The standard InChI is InChI=1S/C18H20BNO.C18H20O2.C17H18O2.C10H15BN.C9H11BO.C9H9BrO.C9H7BrO.2H2O/c1-19-20-14-8-13-17(20)18(21-19,15-9-4-2-5-10-15)16-11-6-3-7-12-16;1-11-8-15(9-12(2)18(11)20-3)13-4-6-16-14(10-13)5-7-17(16)19;1-10-7-14(8-11(2)17(10)19)12-3-5-15-13(9-12)4-6-16(15)18;1-3-12(11,4-2)10-8-6-5-7-9-10;1-6-4-8(10)5-7(2)9(6)11-3;2*10-7-2-3-8-6(5-7)1-4-9(8)11;;/h2-7,9-12,17H,8,13-14H2,1H3;4,6,8-10,17,19H,5,7H2,1-3H3;3,5,7-9,16,18-19H,4,6H2,1-2H3;5-9H,3-4H2,1-2H3;4-5H,1-3H3;2-3,5,9,11H,1,4H2;2-3,5H,1,4H2;2*1H2/q;;;+1;;;;;/t2*17-;16-;;;9-;;;/m100..0.../s1. The van der Waals surface area contributed by atoms with Gasteiger partial charge in [-0.3, -0.25) is 4.79 Å². The third-order valence-corrected chi connectivity index (χ3v) is 22.4. The molecule has 4 aliphatic carbocycles. The fraction of sp³-hybridized carbons (Fsp3) is 0.322. The second-order valence-electron chi connectivity index (χ2n) is 28.4. The summed E-state index contributed by atoms with van der Waals surface area (Å²) < 4.78 is 19.9. The van der Waals surface area contributed by atoms with E-state index < -0.39 is 0 Å². The molecule has 2 fully saturated rings. The molecule has 556 valence electrons. The van der Waals surface area contributed by atoms with Gasteiger partial charge in [0.2, 0.25) is 0 Å². The van der Waals surface area contributed by atoms with Crippen molar-refractivity contribution in [3.05, 3.63) is 298 Å². The van der Waals surface area contributed by atoms with Crippen molar-refractivity contribution < 1.29 is 50.3 Å². The van der Waals surface area contributed by atoms with E-state index in [1.54, 1.807) is 14.2 Å². The SMILES string of the molecule is CB1OC(c2ccccc2)(c2ccccc2)[C@H]2CCCN12.COc1c(C)cc(-c2ccc3c(c2)CC[C@@H]3O)cc1C.Cc1cc(-c2ccc3c(c2)CC[C@@H]3O)cc(C)c1O.O.O.O=C1CCc2cc(Br)ccc21.O[C@H]1CCc2cc(Br)ccc21.[B][N+](CC)(CC)c1ccccc1.[B]c1cc(C)c(OC)c(C)c1. The number of aryl methyl sites for hydroxylation is 10. The van der Waals surface area contributed by atoms with Crippen LogP contribution in [0.3, 0.4) is 0 Å². The number of quaternary nitrogens is 1. The molecule has 0 bridgehead atoms. The first kappa shape index (κ1) is 84.7. The van der Waals surface area contributed by atoms with Crippen LogP contribution in [-0.2, 0) is 35.9 Å². The summed E-state index contributed by atoms with van der Waals surface area (Å²) in [6.07, 6.45) is 8.74. The molecule has 6 aliphatic rings. The third kappa shape index (κ3) is 20.0. The van der Waals surface area contributed by atoms with E-state index in [2.05, 4.69) is 193 Å². The van der Waals surface area contributed by atoms with Crippen molar-refractivity contribution in [3.8, 4) is 39.5 Å². The number of carbonyl (C=O) groups excluding carboxylic acids is 1. The Kier molecular flexibility index (Phi) is 30.4. The van der Waals surface area contributed by atoms with E-state index in [9.17, 15) is 25.2 Å². The summed E-state index contributed by atoms with van der Waals surface area (Å²) in [6.45, 7) is 21.4. The molecule has 0 spiro atoms. The first-order chi connectivity index (χ1) is 50.4. The predicted molar refractivity (Wildman–Crippen MR) is 448 cm³/mol. The van der Waals surface area contributed by atoms with Crippen molar-refractivity contribution in [1.82, 2.24) is 9.20 Å². The monoisotopic (exact) mass is 1560 g/mol. The maximum atomic E-state index is 11.2. The summed E-state index contributed by atoms with van der Waals surface area (Å²) in [5, 5.41) is 39.0. The lowest BCUT2D eigenvalue weighted by Gasteiger charge is -2.36. The van der Waals surface area contributed by atoms with Crippen LogP contribution in [-0.4, -0.2) is 105 Å². The van der Waals surface area contributed by atoms with Gasteiger partial charge in [-0.05, 0) is 293 Å². The topological polar surface area (TPSA) is 192 Å². The Hall–Kier alpha value is -7.90. The molecule has 16 rings (SSSR count). The fourth-order valence-electron chi connectivity index (χ4n) is 15.9. The molecule has 0 aromatic heterocycles. The number of phenolic OH excluding ortho intramolecular Hbond substituents is 1. The van der Waals surface area contributed by atoms with Gasteiger partial charge in [0.05, 0.1) is 45.6 Å². The molecule has 4 atom stereocenters. The summed E-state index contributed by atoms with van der Waals surface area (Å²) in [7, 11) is 15.3. The van der Waals surface area contributed by atoms with Gasteiger partial charge in [0, 0.05) is 27.0 Å². The number of rotatable bonds is 9. The highest BCUT2D eigenvalue weighted by atomic mass is 79.9. The molecule has 2 aliphatic heterocycles. The number of benzene rings is 10. The van der Waals surface area contributed by atoms with E-state index in [4.69, 9.17) is 30.0 Å². The van der Waals surface area contributed by atoms with Crippen LogP contribution in [0.15, 0.2) is 209 Å². The van der Waals surface area contributed by atoms with Crippen molar-refractivity contribution in [3.63, 3.8) is 0 Å². The number of aromatic hydroxyl groups is 1. The number of Topliss-reactive ketones (excluding diaryl/α,β-unsaturated/α-hetero) is 1. The Morgan fingerprint density at radius 1 is 0.514 bits per heavy atom. The number of aliphatic hydroxyl groups is 3. The summed E-state index contributed by atoms with van der Waals surface area (Å²) in [5.74, 6) is 2.55. The Morgan fingerprint density at radius 3 is 1.36 bits per heavy atom. The second kappa shape index (κ2) is 38.5. The maximum Gasteiger partial charge on any atom is 0.487 e. The van der Waals surface area contributed by atoms with Gasteiger partial charge in [-0.2, -0.15) is 0 Å². The lowest BCUT2D eigenvalue weighted by molar-refractivity contribution is 0.0994. The molecular weight excluding hydrogens is 1460 g/mol. The smallest absolute Gasteiger partial charge is 0.487 e. The van der Waals surface area contributed by atoms with Crippen molar-refractivity contribution in [2.45, 2.75) is 156 Å². The third-order valence-electron chi connectivity index (χ3n) is 21.4. The molecule has 0 saturated carbocycles. The average molecular weight is 1570 g/mol. The van der Waals surface area contributed by atoms with Crippen LogP contribution in [0, 0.1) is 41.5 Å². The van der Waals surface area contributed by atoms with Gasteiger partial charge >= 0.3 is 15.0 Å².